The summed E-state index contributed by atoms with van der Waals surface area (Å²) in [5.74, 6) is -2.09. The number of nitrogens with two attached hydrogens (primary N) is 1. The SMILES string of the molecule is NC(=O)c1cc(Oc2cccc(CCNC(=O)c3cc(C(F)(F)F)cc(Cl)c3F)c2)cc[nH+]1. The van der Waals surface area contributed by atoms with E-state index in [4.69, 9.17) is 22.1 Å². The molecule has 11 heteroatoms. The maximum Gasteiger partial charge on any atom is 0.416 e. The van der Waals surface area contributed by atoms with Crippen LogP contribution in [0.4, 0.5) is 17.6 Å². The average Bonchev–Trinajstić information content (AvgIpc) is 2.75. The molecule has 0 radical (unpaired) electrons. The maximum absolute atomic E-state index is 14.1. The Labute approximate surface area is 190 Å². The van der Waals surface area contributed by atoms with Gasteiger partial charge in [-0.1, -0.05) is 23.7 Å². The number of benzene rings is 2. The summed E-state index contributed by atoms with van der Waals surface area (Å²) in [7, 11) is 0. The minimum atomic E-state index is -4.78. The summed E-state index contributed by atoms with van der Waals surface area (Å²) >= 11 is 5.51. The predicted octanol–water partition coefficient (Wildman–Crippen LogP) is 4.18. The molecule has 6 nitrogen and oxygen atoms in total. The molecule has 2 aromatic carbocycles. The normalized spacial score (nSPS) is 11.2. The van der Waals surface area contributed by atoms with E-state index in [0.29, 0.717) is 23.6 Å². The van der Waals surface area contributed by atoms with E-state index in [1.807, 2.05) is 0 Å². The van der Waals surface area contributed by atoms with Crippen LogP contribution in [0.3, 0.4) is 0 Å². The van der Waals surface area contributed by atoms with Crippen LogP contribution in [0.1, 0.15) is 32.0 Å². The molecule has 0 saturated heterocycles. The Bertz CT molecular complexity index is 1200. The summed E-state index contributed by atoms with van der Waals surface area (Å²) in [6, 6.07) is 10.7. The van der Waals surface area contributed by atoms with Crippen molar-refractivity contribution in [2.24, 2.45) is 5.73 Å². The molecule has 0 spiro atoms. The van der Waals surface area contributed by atoms with Crippen LogP contribution in [0.25, 0.3) is 0 Å². The lowest BCUT2D eigenvalue weighted by Crippen LogP contribution is -2.27. The smallest absolute Gasteiger partial charge is 0.416 e. The third-order valence-electron chi connectivity index (χ3n) is 4.47. The summed E-state index contributed by atoms with van der Waals surface area (Å²) in [5, 5.41) is 1.59. The van der Waals surface area contributed by atoms with E-state index in [-0.39, 0.29) is 18.7 Å². The fourth-order valence-corrected chi connectivity index (χ4v) is 3.10. The van der Waals surface area contributed by atoms with Gasteiger partial charge in [0, 0.05) is 12.6 Å². The Morgan fingerprint density at radius 1 is 1.09 bits per heavy atom. The van der Waals surface area contributed by atoms with Crippen LogP contribution >= 0.6 is 11.6 Å². The molecular weight excluding hydrogens is 466 g/mol. The lowest BCUT2D eigenvalue weighted by Gasteiger charge is -2.12. The number of hydrogen-bond acceptors (Lipinski definition) is 3. The van der Waals surface area contributed by atoms with Crippen LogP contribution in [0.5, 0.6) is 11.5 Å². The van der Waals surface area contributed by atoms with Gasteiger partial charge in [-0.2, -0.15) is 13.2 Å². The number of carbonyl (C=O) groups is 2. The Kier molecular flexibility index (Phi) is 7.17. The molecule has 33 heavy (non-hydrogen) atoms. The summed E-state index contributed by atoms with van der Waals surface area (Å²) in [5.41, 5.74) is 4.10. The number of carbonyl (C=O) groups excluding carboxylic acids is 2. The van der Waals surface area contributed by atoms with Crippen LogP contribution in [0.2, 0.25) is 5.02 Å². The molecule has 172 valence electrons. The van der Waals surface area contributed by atoms with Gasteiger partial charge in [-0.25, -0.2) is 9.37 Å². The Hall–Kier alpha value is -3.66. The van der Waals surface area contributed by atoms with Crippen molar-refractivity contribution < 1.29 is 36.9 Å². The van der Waals surface area contributed by atoms with Gasteiger partial charge < -0.3 is 15.8 Å². The highest BCUT2D eigenvalue weighted by Crippen LogP contribution is 2.33. The lowest BCUT2D eigenvalue weighted by atomic mass is 10.1. The van der Waals surface area contributed by atoms with Gasteiger partial charge in [0.1, 0.15) is 11.5 Å². The topological polar surface area (TPSA) is 95.6 Å². The molecule has 0 bridgehead atoms. The summed E-state index contributed by atoms with van der Waals surface area (Å²) < 4.78 is 58.6. The largest absolute Gasteiger partial charge is 0.457 e. The summed E-state index contributed by atoms with van der Waals surface area (Å²) in [6.45, 7) is 0.0156. The van der Waals surface area contributed by atoms with Gasteiger partial charge in [0.05, 0.1) is 22.2 Å². The van der Waals surface area contributed by atoms with Gasteiger partial charge in [-0.05, 0) is 36.2 Å². The van der Waals surface area contributed by atoms with Crippen molar-refractivity contribution in [2.45, 2.75) is 12.6 Å². The quantitative estimate of drug-likeness (QED) is 0.495. The maximum atomic E-state index is 14.1. The first kappa shape index (κ1) is 24.0. The fraction of sp³-hybridized carbons (Fsp3) is 0.136. The number of H-pyrrole nitrogens is 1. The first-order valence-electron chi connectivity index (χ1n) is 9.47. The number of amides is 2. The number of nitrogens with one attached hydrogen (secondary N) is 2. The zero-order chi connectivity index (χ0) is 24.2. The fourth-order valence-electron chi connectivity index (χ4n) is 2.89. The molecule has 0 aliphatic heterocycles. The van der Waals surface area contributed by atoms with E-state index in [1.165, 1.54) is 12.3 Å². The highest BCUT2D eigenvalue weighted by atomic mass is 35.5. The molecule has 3 rings (SSSR count). The number of aromatic amines is 1. The van der Waals surface area contributed by atoms with Crippen molar-refractivity contribution in [3.8, 4) is 11.5 Å². The number of alkyl halides is 3. The zero-order valence-electron chi connectivity index (χ0n) is 16.8. The van der Waals surface area contributed by atoms with Crippen LogP contribution in [-0.4, -0.2) is 18.4 Å². The molecule has 0 saturated carbocycles. The van der Waals surface area contributed by atoms with E-state index in [9.17, 15) is 27.2 Å². The molecule has 0 fully saturated rings. The third kappa shape index (κ3) is 6.19. The second kappa shape index (κ2) is 9.86. The Balaban J connectivity index is 1.65. The number of aromatic nitrogens is 1. The second-order valence-electron chi connectivity index (χ2n) is 6.88. The number of rotatable bonds is 7. The monoisotopic (exact) mass is 482 g/mol. The van der Waals surface area contributed by atoms with E-state index >= 15 is 0 Å². The molecule has 2 amide bonds. The lowest BCUT2D eigenvalue weighted by molar-refractivity contribution is -0.382. The number of pyridine rings is 1. The molecule has 0 aliphatic rings. The summed E-state index contributed by atoms with van der Waals surface area (Å²) in [6.07, 6.45) is -3.00. The van der Waals surface area contributed by atoms with Gasteiger partial charge in [0.2, 0.25) is 0 Å². The van der Waals surface area contributed by atoms with Crippen molar-refractivity contribution in [2.75, 3.05) is 6.54 Å². The van der Waals surface area contributed by atoms with Gasteiger partial charge in [0.25, 0.3) is 11.6 Å². The number of halogens is 5. The van der Waals surface area contributed by atoms with Crippen molar-refractivity contribution in [3.05, 3.63) is 88.0 Å². The van der Waals surface area contributed by atoms with E-state index < -0.39 is 40.0 Å². The number of hydrogen-bond donors (Lipinski definition) is 2. The van der Waals surface area contributed by atoms with Crippen LogP contribution in [0, 0.1) is 5.82 Å². The van der Waals surface area contributed by atoms with Crippen molar-refractivity contribution in [1.82, 2.24) is 5.32 Å². The Morgan fingerprint density at radius 2 is 1.82 bits per heavy atom. The van der Waals surface area contributed by atoms with Crippen LogP contribution < -0.4 is 20.8 Å². The molecule has 3 aromatic rings. The molecular formula is C22H17ClF4N3O3+. The minimum absolute atomic E-state index is 0.0156. The first-order valence-corrected chi connectivity index (χ1v) is 9.85. The van der Waals surface area contributed by atoms with Crippen LogP contribution in [0.15, 0.2) is 54.7 Å². The highest BCUT2D eigenvalue weighted by molar-refractivity contribution is 6.31. The molecule has 0 unspecified atom stereocenters. The van der Waals surface area contributed by atoms with Crippen LogP contribution in [-0.2, 0) is 12.6 Å². The Morgan fingerprint density at radius 3 is 2.52 bits per heavy atom. The van der Waals surface area contributed by atoms with Gasteiger partial charge in [0.15, 0.2) is 12.0 Å². The van der Waals surface area contributed by atoms with E-state index in [0.717, 1.165) is 5.56 Å². The number of ether oxygens (including phenoxy) is 1. The summed E-state index contributed by atoms with van der Waals surface area (Å²) in [4.78, 5) is 26.2. The van der Waals surface area contributed by atoms with Crippen molar-refractivity contribution >= 4 is 23.4 Å². The second-order valence-corrected chi connectivity index (χ2v) is 7.28. The zero-order valence-corrected chi connectivity index (χ0v) is 17.6. The van der Waals surface area contributed by atoms with Gasteiger partial charge in [-0.3, -0.25) is 9.59 Å². The predicted molar refractivity (Wildman–Crippen MR) is 110 cm³/mol. The molecule has 1 aromatic heterocycles. The van der Waals surface area contributed by atoms with E-state index in [2.05, 4.69) is 10.3 Å². The van der Waals surface area contributed by atoms with Crippen molar-refractivity contribution in [3.63, 3.8) is 0 Å². The third-order valence-corrected chi connectivity index (χ3v) is 4.75. The molecule has 0 aliphatic carbocycles. The van der Waals surface area contributed by atoms with Gasteiger partial charge in [-0.15, -0.1) is 0 Å². The standard InChI is InChI=1S/C22H16ClF4N3O3/c23-17-10-13(22(25,26)27)9-16(19(17)24)21(32)30-6-4-12-2-1-3-14(8-12)33-15-5-7-29-18(11-15)20(28)31/h1-3,5,7-11H,4,6H2,(H2,28,31)(H,30,32)/p+1. The number of primary amides is 1. The average molecular weight is 483 g/mol. The molecule has 0 atom stereocenters. The van der Waals surface area contributed by atoms with Gasteiger partial charge >= 0.3 is 12.1 Å². The molecule has 1 heterocycles. The van der Waals surface area contributed by atoms with E-state index in [1.54, 1.807) is 30.3 Å². The molecule has 4 N–H and O–H groups in total. The highest BCUT2D eigenvalue weighted by Gasteiger charge is 2.33. The van der Waals surface area contributed by atoms with Crippen molar-refractivity contribution in [1.29, 1.82) is 0 Å². The first-order chi connectivity index (χ1) is 15.5. The minimum Gasteiger partial charge on any atom is -0.457 e.